The molecule has 0 aliphatic heterocycles. The maximum Gasteiger partial charge on any atom is 0.303 e. The Morgan fingerprint density at radius 2 is 1.87 bits per heavy atom. The smallest absolute Gasteiger partial charge is 0.303 e. The molecule has 2 N–H and O–H groups in total. The van der Waals surface area contributed by atoms with Crippen molar-refractivity contribution in [1.82, 2.24) is 5.32 Å². The van der Waals surface area contributed by atoms with Crippen LogP contribution in [-0.4, -0.2) is 24.2 Å². The molecule has 0 heterocycles. The minimum absolute atomic E-state index is 0.296. The Morgan fingerprint density at radius 1 is 1.27 bits per heavy atom. The fourth-order valence-electron chi connectivity index (χ4n) is 2.40. The van der Waals surface area contributed by atoms with E-state index in [2.05, 4.69) is 5.32 Å². The Balaban J connectivity index is 1.53. The first-order valence-corrected chi connectivity index (χ1v) is 6.20. The van der Waals surface area contributed by atoms with Gasteiger partial charge in [0.05, 0.1) is 0 Å². The molecule has 86 valence electrons. The molecule has 2 fully saturated rings. The molecule has 0 saturated heterocycles. The fourth-order valence-corrected chi connectivity index (χ4v) is 2.40. The Kier molecular flexibility index (Phi) is 3.62. The second-order valence-electron chi connectivity index (χ2n) is 5.04. The summed E-state index contributed by atoms with van der Waals surface area (Å²) >= 11 is 0. The van der Waals surface area contributed by atoms with E-state index in [9.17, 15) is 4.79 Å². The molecule has 0 aromatic carbocycles. The highest BCUT2D eigenvalue weighted by Crippen LogP contribution is 2.48. The molecule has 0 atom stereocenters. The third-order valence-electron chi connectivity index (χ3n) is 3.58. The normalized spacial score (nSPS) is 20.9. The van der Waals surface area contributed by atoms with Gasteiger partial charge in [0.25, 0.3) is 0 Å². The number of carbonyl (C=O) groups is 1. The lowest BCUT2D eigenvalue weighted by molar-refractivity contribution is -0.137. The van der Waals surface area contributed by atoms with Crippen molar-refractivity contribution < 1.29 is 9.90 Å². The molecule has 0 amide bonds. The van der Waals surface area contributed by atoms with Crippen LogP contribution in [-0.2, 0) is 4.79 Å². The zero-order valence-corrected chi connectivity index (χ0v) is 9.24. The first-order valence-electron chi connectivity index (χ1n) is 6.20. The molecule has 2 aliphatic carbocycles. The van der Waals surface area contributed by atoms with E-state index in [1.165, 1.54) is 25.7 Å². The van der Waals surface area contributed by atoms with Crippen LogP contribution in [0.15, 0.2) is 0 Å². The first-order chi connectivity index (χ1) is 7.27. The molecular weight excluding hydrogens is 190 g/mol. The van der Waals surface area contributed by atoms with Crippen LogP contribution in [0.25, 0.3) is 0 Å². The maximum absolute atomic E-state index is 10.3. The van der Waals surface area contributed by atoms with E-state index in [1.807, 2.05) is 0 Å². The molecule has 0 spiro atoms. The van der Waals surface area contributed by atoms with Gasteiger partial charge in [-0.1, -0.05) is 0 Å². The minimum atomic E-state index is -0.683. The second-order valence-corrected chi connectivity index (χ2v) is 5.04. The molecule has 3 heteroatoms. The summed E-state index contributed by atoms with van der Waals surface area (Å²) in [5, 5.41) is 11.9. The van der Waals surface area contributed by atoms with Crippen molar-refractivity contribution in [2.75, 3.05) is 13.1 Å². The lowest BCUT2D eigenvalue weighted by atomic mass is 9.98. The summed E-state index contributed by atoms with van der Waals surface area (Å²) in [6, 6.07) is 0. The maximum atomic E-state index is 10.3. The third-order valence-corrected chi connectivity index (χ3v) is 3.58. The molecule has 0 aromatic heterocycles. The molecule has 0 aromatic rings. The van der Waals surface area contributed by atoms with Gasteiger partial charge < -0.3 is 10.4 Å². The second kappa shape index (κ2) is 4.97. The van der Waals surface area contributed by atoms with Gasteiger partial charge in [-0.15, -0.1) is 0 Å². The molecular formula is C12H21NO2. The topological polar surface area (TPSA) is 49.3 Å². The van der Waals surface area contributed by atoms with E-state index >= 15 is 0 Å². The standard InChI is InChI=1S/C12H21NO2/c14-12(15)2-1-7-13-8-11(9-3-4-9)10-5-6-10/h9-11,13H,1-8H2,(H,14,15). The molecule has 2 aliphatic rings. The summed E-state index contributed by atoms with van der Waals surface area (Å²) in [6.07, 6.45) is 6.77. The third kappa shape index (κ3) is 3.82. The van der Waals surface area contributed by atoms with Gasteiger partial charge in [0.15, 0.2) is 0 Å². The highest BCUT2D eigenvalue weighted by Gasteiger charge is 2.40. The Labute approximate surface area is 91.2 Å². The molecule has 0 unspecified atom stereocenters. The van der Waals surface area contributed by atoms with Gasteiger partial charge in [-0.25, -0.2) is 0 Å². The van der Waals surface area contributed by atoms with Gasteiger partial charge in [0.1, 0.15) is 0 Å². The van der Waals surface area contributed by atoms with Gasteiger partial charge in [0, 0.05) is 6.42 Å². The summed E-state index contributed by atoms with van der Waals surface area (Å²) in [5.74, 6) is 2.20. The summed E-state index contributed by atoms with van der Waals surface area (Å²) in [5.41, 5.74) is 0. The van der Waals surface area contributed by atoms with Gasteiger partial charge >= 0.3 is 5.97 Å². The van der Waals surface area contributed by atoms with Crippen LogP contribution < -0.4 is 5.32 Å². The summed E-state index contributed by atoms with van der Waals surface area (Å²) < 4.78 is 0. The predicted octanol–water partition coefficient (Wildman–Crippen LogP) is 1.88. The van der Waals surface area contributed by atoms with Crippen LogP contribution in [0.5, 0.6) is 0 Å². The zero-order valence-electron chi connectivity index (χ0n) is 9.24. The Hall–Kier alpha value is -0.570. The largest absolute Gasteiger partial charge is 0.481 e. The van der Waals surface area contributed by atoms with Gasteiger partial charge in [-0.2, -0.15) is 0 Å². The van der Waals surface area contributed by atoms with E-state index in [1.54, 1.807) is 0 Å². The number of rotatable bonds is 8. The van der Waals surface area contributed by atoms with Gasteiger partial charge in [-0.05, 0) is 62.9 Å². The number of aliphatic carboxylic acids is 1. The summed E-state index contributed by atoms with van der Waals surface area (Å²) in [4.78, 5) is 10.3. The lowest BCUT2D eigenvalue weighted by Gasteiger charge is -2.15. The zero-order chi connectivity index (χ0) is 10.7. The summed E-state index contributed by atoms with van der Waals surface area (Å²) in [7, 11) is 0. The van der Waals surface area contributed by atoms with Crippen LogP contribution in [0, 0.1) is 17.8 Å². The van der Waals surface area contributed by atoms with Crippen molar-refractivity contribution in [2.24, 2.45) is 17.8 Å². The highest BCUT2D eigenvalue weighted by molar-refractivity contribution is 5.66. The van der Waals surface area contributed by atoms with Crippen molar-refractivity contribution in [3.63, 3.8) is 0 Å². The van der Waals surface area contributed by atoms with Crippen molar-refractivity contribution in [3.8, 4) is 0 Å². The number of hydrogen-bond acceptors (Lipinski definition) is 2. The average Bonchev–Trinajstić information content (AvgIpc) is 3.00. The summed E-state index contributed by atoms with van der Waals surface area (Å²) in [6.45, 7) is 1.98. The molecule has 2 saturated carbocycles. The van der Waals surface area contributed by atoms with E-state index in [-0.39, 0.29) is 0 Å². The van der Waals surface area contributed by atoms with Crippen molar-refractivity contribution in [1.29, 1.82) is 0 Å². The van der Waals surface area contributed by atoms with Gasteiger partial charge in [0.2, 0.25) is 0 Å². The molecule has 15 heavy (non-hydrogen) atoms. The van der Waals surface area contributed by atoms with Crippen LogP contribution in [0.4, 0.5) is 0 Å². The Bertz CT molecular complexity index is 210. The van der Waals surface area contributed by atoms with Crippen molar-refractivity contribution in [2.45, 2.75) is 38.5 Å². The number of nitrogens with one attached hydrogen (secondary N) is 1. The van der Waals surface area contributed by atoms with E-state index in [0.717, 1.165) is 37.3 Å². The highest BCUT2D eigenvalue weighted by atomic mass is 16.4. The van der Waals surface area contributed by atoms with E-state index in [0.29, 0.717) is 6.42 Å². The average molecular weight is 211 g/mol. The van der Waals surface area contributed by atoms with Crippen molar-refractivity contribution in [3.05, 3.63) is 0 Å². The van der Waals surface area contributed by atoms with Crippen LogP contribution in [0.1, 0.15) is 38.5 Å². The molecule has 3 nitrogen and oxygen atoms in total. The van der Waals surface area contributed by atoms with Crippen molar-refractivity contribution >= 4 is 5.97 Å². The number of hydrogen-bond donors (Lipinski definition) is 2. The van der Waals surface area contributed by atoms with E-state index in [4.69, 9.17) is 5.11 Å². The Morgan fingerprint density at radius 3 is 2.33 bits per heavy atom. The number of carboxylic acid groups (broad SMARTS) is 1. The SMILES string of the molecule is O=C(O)CCCNCC(C1CC1)C1CC1. The molecule has 2 rings (SSSR count). The van der Waals surface area contributed by atoms with Crippen LogP contribution >= 0.6 is 0 Å². The van der Waals surface area contributed by atoms with Crippen LogP contribution in [0.3, 0.4) is 0 Å². The predicted molar refractivity (Wildman–Crippen MR) is 58.7 cm³/mol. The first kappa shape index (κ1) is 10.9. The van der Waals surface area contributed by atoms with Gasteiger partial charge in [-0.3, -0.25) is 4.79 Å². The molecule has 0 radical (unpaired) electrons. The van der Waals surface area contributed by atoms with E-state index < -0.39 is 5.97 Å². The quantitative estimate of drug-likeness (QED) is 0.603. The number of carboxylic acids is 1. The lowest BCUT2D eigenvalue weighted by Crippen LogP contribution is -2.26. The monoisotopic (exact) mass is 211 g/mol. The molecule has 0 bridgehead atoms. The minimum Gasteiger partial charge on any atom is -0.481 e. The van der Waals surface area contributed by atoms with Crippen LogP contribution in [0.2, 0.25) is 0 Å². The fraction of sp³-hybridized carbons (Fsp3) is 0.917.